The van der Waals surface area contributed by atoms with E-state index in [1.807, 2.05) is 13.0 Å². The number of hydrogen-bond donors (Lipinski definition) is 1. The summed E-state index contributed by atoms with van der Waals surface area (Å²) in [5, 5.41) is 0. The first-order valence-corrected chi connectivity index (χ1v) is 12.7. The maximum atomic E-state index is 14.6. The summed E-state index contributed by atoms with van der Waals surface area (Å²) < 4.78 is 38.6. The van der Waals surface area contributed by atoms with Crippen LogP contribution in [0.15, 0.2) is 36.8 Å². The second-order valence-corrected chi connectivity index (χ2v) is 9.57. The van der Waals surface area contributed by atoms with E-state index in [-0.39, 0.29) is 12.0 Å². The highest BCUT2D eigenvalue weighted by atomic mass is 32.2. The Morgan fingerprint density at radius 2 is 1.89 bits per heavy atom. The van der Waals surface area contributed by atoms with Crippen LogP contribution in [0.4, 0.5) is 15.9 Å². The zero-order chi connectivity index (χ0) is 24.4. The second-order valence-electron chi connectivity index (χ2n) is 8.81. The second kappa shape index (κ2) is 10.3. The molecular weight excluding hydrogens is 471 g/mol. The van der Waals surface area contributed by atoms with E-state index >= 15 is 0 Å². The van der Waals surface area contributed by atoms with Crippen LogP contribution in [0.3, 0.4) is 0 Å². The number of nitrogens with one attached hydrogen (secondary N) is 1. The zero-order valence-electron chi connectivity index (χ0n) is 19.3. The number of anilines is 2. The summed E-state index contributed by atoms with van der Waals surface area (Å²) in [7, 11) is 0. The van der Waals surface area contributed by atoms with Gasteiger partial charge in [-0.1, -0.05) is 0 Å². The van der Waals surface area contributed by atoms with Gasteiger partial charge in [0.2, 0.25) is 5.95 Å². The van der Waals surface area contributed by atoms with Gasteiger partial charge in [0.15, 0.2) is 11.6 Å². The molecule has 184 valence electrons. The van der Waals surface area contributed by atoms with E-state index in [1.165, 1.54) is 6.07 Å². The number of aromatic nitrogens is 5. The highest BCUT2D eigenvalue weighted by Gasteiger charge is 2.28. The van der Waals surface area contributed by atoms with Gasteiger partial charge in [0.25, 0.3) is 0 Å². The highest BCUT2D eigenvalue weighted by Crippen LogP contribution is 2.34. The molecule has 35 heavy (non-hydrogen) atoms. The SMILES string of the molecule is CC1c2cnc(-c3ncccn3)nc2CCN1c1cc(N2CCC(CNS(=O)[O-])CC2)cc(F)n1. The third-order valence-corrected chi connectivity index (χ3v) is 7.10. The van der Waals surface area contributed by atoms with Gasteiger partial charge in [-0.25, -0.2) is 29.6 Å². The van der Waals surface area contributed by atoms with Gasteiger partial charge in [0.05, 0.1) is 11.7 Å². The standard InChI is InChI=1S/C23H27FN8O2S/c1-15-18-14-27-23(22-25-6-2-7-26-22)29-19(18)5-10-32(15)21-12-17(11-20(24)30-21)31-8-3-16(4-9-31)13-28-35(33)34/h2,6-7,11-12,14-16,28H,3-5,8-10,13H2,1H3,(H,33,34)/p-1. The van der Waals surface area contributed by atoms with Crippen LogP contribution in [0, 0.1) is 11.9 Å². The molecule has 1 saturated heterocycles. The maximum Gasteiger partial charge on any atom is 0.216 e. The van der Waals surface area contributed by atoms with Gasteiger partial charge in [-0.3, -0.25) is 4.21 Å². The van der Waals surface area contributed by atoms with Crippen molar-refractivity contribution in [2.75, 3.05) is 36.0 Å². The fourth-order valence-electron chi connectivity index (χ4n) is 4.78. The van der Waals surface area contributed by atoms with Crippen molar-refractivity contribution in [3.8, 4) is 11.6 Å². The summed E-state index contributed by atoms with van der Waals surface area (Å²) in [6.07, 6.45) is 7.48. The summed E-state index contributed by atoms with van der Waals surface area (Å²) in [5.74, 6) is 1.33. The Bertz CT molecular complexity index is 1210. The molecule has 0 amide bonds. The Kier molecular flexibility index (Phi) is 6.93. The Balaban J connectivity index is 1.32. The van der Waals surface area contributed by atoms with Gasteiger partial charge in [0, 0.05) is 85.8 Å². The van der Waals surface area contributed by atoms with E-state index in [9.17, 15) is 13.2 Å². The number of halogens is 1. The lowest BCUT2D eigenvalue weighted by Crippen LogP contribution is -2.38. The molecule has 0 saturated carbocycles. The van der Waals surface area contributed by atoms with Crippen molar-refractivity contribution >= 4 is 22.8 Å². The number of nitrogens with zero attached hydrogens (tertiary/aromatic N) is 7. The molecule has 5 rings (SSSR count). The van der Waals surface area contributed by atoms with Gasteiger partial charge in [-0.05, 0) is 31.7 Å². The summed E-state index contributed by atoms with van der Waals surface area (Å²) >= 11 is -2.24. The molecule has 0 aliphatic carbocycles. The molecule has 3 aromatic heterocycles. The summed E-state index contributed by atoms with van der Waals surface area (Å²) in [5.41, 5.74) is 2.71. The van der Waals surface area contributed by atoms with Crippen molar-refractivity contribution in [1.29, 1.82) is 0 Å². The van der Waals surface area contributed by atoms with Crippen molar-refractivity contribution in [2.45, 2.75) is 32.2 Å². The summed E-state index contributed by atoms with van der Waals surface area (Å²) in [6, 6.07) is 5.08. The molecule has 2 atom stereocenters. The monoisotopic (exact) mass is 497 g/mol. The summed E-state index contributed by atoms with van der Waals surface area (Å²) in [4.78, 5) is 26.0. The maximum absolute atomic E-state index is 14.6. The molecular formula is C23H26FN8O2S-. The van der Waals surface area contributed by atoms with E-state index in [0.717, 1.165) is 42.9 Å². The van der Waals surface area contributed by atoms with Crippen LogP contribution in [-0.4, -0.2) is 59.9 Å². The molecule has 2 aliphatic heterocycles. The smallest absolute Gasteiger partial charge is 0.216 e. The predicted octanol–water partition coefficient (Wildman–Crippen LogP) is 2.19. The number of piperidine rings is 1. The van der Waals surface area contributed by atoms with Crippen LogP contribution in [0.5, 0.6) is 0 Å². The lowest BCUT2D eigenvalue weighted by Gasteiger charge is -2.37. The molecule has 2 unspecified atom stereocenters. The van der Waals surface area contributed by atoms with Crippen molar-refractivity contribution in [2.24, 2.45) is 5.92 Å². The van der Waals surface area contributed by atoms with Crippen LogP contribution in [0.2, 0.25) is 0 Å². The Morgan fingerprint density at radius 1 is 1.11 bits per heavy atom. The Labute approximate surface area is 205 Å². The first-order chi connectivity index (χ1) is 17.0. The summed E-state index contributed by atoms with van der Waals surface area (Å²) in [6.45, 7) is 4.60. The van der Waals surface area contributed by atoms with Crippen molar-refractivity contribution in [3.05, 3.63) is 54.0 Å². The third kappa shape index (κ3) is 5.29. The lowest BCUT2D eigenvalue weighted by molar-refractivity contribution is 0.398. The topological polar surface area (TPSA) is 123 Å². The van der Waals surface area contributed by atoms with E-state index in [4.69, 9.17) is 4.98 Å². The largest absolute Gasteiger partial charge is 0.760 e. The first-order valence-electron chi connectivity index (χ1n) is 11.6. The quantitative estimate of drug-likeness (QED) is 0.403. The zero-order valence-corrected chi connectivity index (χ0v) is 20.1. The normalized spacial score (nSPS) is 19.5. The third-order valence-electron chi connectivity index (χ3n) is 6.70. The highest BCUT2D eigenvalue weighted by molar-refractivity contribution is 7.77. The molecule has 12 heteroatoms. The molecule has 2 aliphatic rings. The molecule has 0 spiro atoms. The van der Waals surface area contributed by atoms with Gasteiger partial charge < -0.3 is 14.4 Å². The molecule has 0 aromatic carbocycles. The molecule has 10 nitrogen and oxygen atoms in total. The fraction of sp³-hybridized carbons (Fsp3) is 0.435. The molecule has 5 heterocycles. The molecule has 0 radical (unpaired) electrons. The van der Waals surface area contributed by atoms with E-state index in [0.29, 0.717) is 37.0 Å². The van der Waals surface area contributed by atoms with Crippen LogP contribution in [-0.2, 0) is 17.7 Å². The average molecular weight is 498 g/mol. The van der Waals surface area contributed by atoms with E-state index < -0.39 is 17.2 Å². The Hall–Kier alpha value is -3.09. The minimum absolute atomic E-state index is 0.0728. The number of hydrogen-bond acceptors (Lipinski definition) is 9. The van der Waals surface area contributed by atoms with E-state index in [1.54, 1.807) is 24.7 Å². The van der Waals surface area contributed by atoms with E-state index in [2.05, 4.69) is 34.5 Å². The lowest BCUT2D eigenvalue weighted by atomic mass is 9.96. The van der Waals surface area contributed by atoms with Gasteiger partial charge in [-0.2, -0.15) is 4.39 Å². The van der Waals surface area contributed by atoms with Crippen molar-refractivity contribution in [3.63, 3.8) is 0 Å². The Morgan fingerprint density at radius 3 is 2.63 bits per heavy atom. The minimum atomic E-state index is -2.24. The van der Waals surface area contributed by atoms with Gasteiger partial charge >= 0.3 is 0 Å². The number of fused-ring (bicyclic) bond motifs is 1. The fourth-order valence-corrected chi connectivity index (χ4v) is 5.15. The van der Waals surface area contributed by atoms with Crippen molar-refractivity contribution in [1.82, 2.24) is 29.6 Å². The van der Waals surface area contributed by atoms with Gasteiger partial charge in [0.1, 0.15) is 5.82 Å². The average Bonchev–Trinajstić information content (AvgIpc) is 2.88. The van der Waals surface area contributed by atoms with Gasteiger partial charge in [-0.15, -0.1) is 0 Å². The van der Waals surface area contributed by atoms with Crippen molar-refractivity contribution < 1.29 is 13.2 Å². The first kappa shape index (κ1) is 23.6. The minimum Gasteiger partial charge on any atom is -0.760 e. The molecule has 1 N–H and O–H groups in total. The molecule has 0 bridgehead atoms. The van der Waals surface area contributed by atoms with Crippen LogP contribution in [0.25, 0.3) is 11.6 Å². The molecule has 3 aromatic rings. The van der Waals surface area contributed by atoms with Crippen LogP contribution < -0.4 is 14.5 Å². The number of pyridine rings is 1. The predicted molar refractivity (Wildman–Crippen MR) is 129 cm³/mol. The molecule has 1 fully saturated rings. The van der Waals surface area contributed by atoms with Crippen LogP contribution in [0.1, 0.15) is 37.1 Å². The van der Waals surface area contributed by atoms with Crippen LogP contribution >= 0.6 is 0 Å². The number of rotatable bonds is 6.